The van der Waals surface area contributed by atoms with E-state index in [2.05, 4.69) is 20.3 Å². The molecule has 30 heavy (non-hydrogen) atoms. The van der Waals surface area contributed by atoms with E-state index < -0.39 is 16.1 Å². The standard InChI is InChI=1S/C20H19ClN4O4S/c1-29-19-11-16(6-9-18(19)21)25-30(27,28)17-7-4-15(5-8-17)24-20(26)23-13-14-3-2-10-22-12-14/h2-12,25H,13H2,1H3,(H2,23,24,26). The molecule has 156 valence electrons. The number of sulfonamides is 1. The van der Waals surface area contributed by atoms with Gasteiger partial charge in [-0.25, -0.2) is 13.2 Å². The third kappa shape index (κ3) is 5.62. The fourth-order valence-corrected chi connectivity index (χ4v) is 3.76. The first kappa shape index (κ1) is 21.4. The lowest BCUT2D eigenvalue weighted by atomic mass is 10.3. The van der Waals surface area contributed by atoms with Crippen molar-refractivity contribution in [1.82, 2.24) is 10.3 Å². The molecule has 1 aromatic heterocycles. The van der Waals surface area contributed by atoms with E-state index in [1.165, 1.54) is 49.6 Å². The van der Waals surface area contributed by atoms with Crippen molar-refractivity contribution in [2.75, 3.05) is 17.1 Å². The first-order valence-corrected chi connectivity index (χ1v) is 10.6. The Bertz CT molecular complexity index is 1120. The first-order chi connectivity index (χ1) is 14.4. The number of rotatable bonds is 7. The molecule has 3 aromatic rings. The first-order valence-electron chi connectivity index (χ1n) is 8.77. The topological polar surface area (TPSA) is 109 Å². The number of nitrogens with one attached hydrogen (secondary N) is 3. The third-order valence-corrected chi connectivity index (χ3v) is 5.71. The van der Waals surface area contributed by atoms with Gasteiger partial charge in [0.05, 0.1) is 22.7 Å². The zero-order chi connectivity index (χ0) is 21.6. The number of amides is 2. The molecule has 10 heteroatoms. The molecular formula is C20H19ClN4O4S. The zero-order valence-corrected chi connectivity index (χ0v) is 17.5. The average Bonchev–Trinajstić information content (AvgIpc) is 2.74. The monoisotopic (exact) mass is 446 g/mol. The Hall–Kier alpha value is -3.30. The number of anilines is 2. The molecule has 0 fully saturated rings. The van der Waals surface area contributed by atoms with Crippen molar-refractivity contribution in [2.45, 2.75) is 11.4 Å². The van der Waals surface area contributed by atoms with Gasteiger partial charge in [0.25, 0.3) is 10.0 Å². The summed E-state index contributed by atoms with van der Waals surface area (Å²) in [5, 5.41) is 5.71. The van der Waals surface area contributed by atoms with Crippen LogP contribution in [0.4, 0.5) is 16.2 Å². The number of nitrogens with zero attached hydrogens (tertiary/aromatic N) is 1. The molecule has 0 aliphatic heterocycles. The maximum absolute atomic E-state index is 12.6. The van der Waals surface area contributed by atoms with Gasteiger partial charge in [-0.05, 0) is 48.0 Å². The van der Waals surface area contributed by atoms with Crippen molar-refractivity contribution in [3.05, 3.63) is 77.6 Å². The smallest absolute Gasteiger partial charge is 0.319 e. The lowest BCUT2D eigenvalue weighted by Crippen LogP contribution is -2.28. The quantitative estimate of drug-likeness (QED) is 0.510. The minimum atomic E-state index is -3.83. The summed E-state index contributed by atoms with van der Waals surface area (Å²) < 4.78 is 32.7. The van der Waals surface area contributed by atoms with Crippen molar-refractivity contribution in [1.29, 1.82) is 0 Å². The Morgan fingerprint density at radius 1 is 1.10 bits per heavy atom. The van der Waals surface area contributed by atoms with E-state index in [0.717, 1.165) is 5.56 Å². The predicted molar refractivity (Wildman–Crippen MR) is 115 cm³/mol. The number of carbonyl (C=O) groups excluding carboxylic acids is 1. The fourth-order valence-electron chi connectivity index (χ4n) is 2.52. The SMILES string of the molecule is COc1cc(NS(=O)(=O)c2ccc(NC(=O)NCc3cccnc3)cc2)ccc1Cl. The van der Waals surface area contributed by atoms with Crippen LogP contribution in [0.2, 0.25) is 5.02 Å². The Morgan fingerprint density at radius 3 is 2.50 bits per heavy atom. The molecule has 0 atom stereocenters. The minimum Gasteiger partial charge on any atom is -0.495 e. The van der Waals surface area contributed by atoms with Crippen molar-refractivity contribution in [3.63, 3.8) is 0 Å². The van der Waals surface area contributed by atoms with Gasteiger partial charge in [-0.2, -0.15) is 0 Å². The third-order valence-electron chi connectivity index (χ3n) is 4.00. The number of methoxy groups -OCH3 is 1. The number of carbonyl (C=O) groups is 1. The zero-order valence-electron chi connectivity index (χ0n) is 15.9. The van der Waals surface area contributed by atoms with E-state index in [4.69, 9.17) is 16.3 Å². The summed E-state index contributed by atoms with van der Waals surface area (Å²) in [4.78, 5) is 16.0. The average molecular weight is 447 g/mol. The second-order valence-corrected chi connectivity index (χ2v) is 8.24. The summed E-state index contributed by atoms with van der Waals surface area (Å²) in [6.45, 7) is 0.320. The molecule has 0 aliphatic rings. The molecule has 0 radical (unpaired) electrons. The highest BCUT2D eigenvalue weighted by Crippen LogP contribution is 2.28. The van der Waals surface area contributed by atoms with Crippen LogP contribution in [-0.2, 0) is 16.6 Å². The van der Waals surface area contributed by atoms with Crippen LogP contribution < -0.4 is 20.1 Å². The molecule has 2 aromatic carbocycles. The minimum absolute atomic E-state index is 0.0396. The molecule has 0 saturated carbocycles. The number of benzene rings is 2. The summed E-state index contributed by atoms with van der Waals surface area (Å²) in [5.41, 5.74) is 1.62. The van der Waals surface area contributed by atoms with E-state index in [0.29, 0.717) is 28.7 Å². The lowest BCUT2D eigenvalue weighted by molar-refractivity contribution is 0.251. The van der Waals surface area contributed by atoms with Crippen LogP contribution in [0.5, 0.6) is 5.75 Å². The predicted octanol–water partition coefficient (Wildman–Crippen LogP) is 3.87. The van der Waals surface area contributed by atoms with Crippen LogP contribution in [-0.4, -0.2) is 26.5 Å². The van der Waals surface area contributed by atoms with Crippen molar-refractivity contribution in [3.8, 4) is 5.75 Å². The molecule has 0 spiro atoms. The number of aromatic nitrogens is 1. The fraction of sp³-hybridized carbons (Fsp3) is 0.100. The van der Waals surface area contributed by atoms with E-state index in [1.807, 2.05) is 6.07 Å². The van der Waals surface area contributed by atoms with Gasteiger partial charge in [-0.3, -0.25) is 9.71 Å². The Morgan fingerprint density at radius 2 is 1.83 bits per heavy atom. The van der Waals surface area contributed by atoms with E-state index in [-0.39, 0.29) is 4.90 Å². The lowest BCUT2D eigenvalue weighted by Gasteiger charge is -2.11. The molecule has 1 heterocycles. The summed E-state index contributed by atoms with van der Waals surface area (Å²) in [7, 11) is -2.38. The maximum Gasteiger partial charge on any atom is 0.319 e. The maximum atomic E-state index is 12.6. The van der Waals surface area contributed by atoms with Gasteiger partial charge in [0.1, 0.15) is 5.75 Å². The Kier molecular flexibility index (Phi) is 6.76. The molecule has 0 saturated heterocycles. The largest absolute Gasteiger partial charge is 0.495 e. The summed E-state index contributed by atoms with van der Waals surface area (Å²) in [6, 6.07) is 13.6. The number of pyridine rings is 1. The Balaban J connectivity index is 1.62. The number of hydrogen-bond donors (Lipinski definition) is 3. The molecule has 3 rings (SSSR count). The molecule has 2 amide bonds. The number of halogens is 1. The molecule has 0 unspecified atom stereocenters. The van der Waals surface area contributed by atoms with Crippen LogP contribution in [0, 0.1) is 0 Å². The second-order valence-electron chi connectivity index (χ2n) is 6.15. The van der Waals surface area contributed by atoms with Crippen LogP contribution in [0.25, 0.3) is 0 Å². The molecule has 0 bridgehead atoms. The molecule has 3 N–H and O–H groups in total. The van der Waals surface area contributed by atoms with Gasteiger partial charge in [0, 0.05) is 30.7 Å². The van der Waals surface area contributed by atoms with Crippen LogP contribution in [0.3, 0.4) is 0 Å². The van der Waals surface area contributed by atoms with Gasteiger partial charge in [-0.1, -0.05) is 17.7 Å². The number of ether oxygens (including phenoxy) is 1. The van der Waals surface area contributed by atoms with Gasteiger partial charge in [0.15, 0.2) is 0 Å². The molecular weight excluding hydrogens is 428 g/mol. The Labute approximate surface area is 179 Å². The molecule has 0 aliphatic carbocycles. The van der Waals surface area contributed by atoms with Crippen molar-refractivity contribution < 1.29 is 17.9 Å². The van der Waals surface area contributed by atoms with E-state index in [1.54, 1.807) is 18.5 Å². The van der Waals surface area contributed by atoms with Crippen molar-refractivity contribution >= 4 is 39.0 Å². The summed E-state index contributed by atoms with van der Waals surface area (Å²) >= 11 is 5.96. The van der Waals surface area contributed by atoms with Gasteiger partial charge >= 0.3 is 6.03 Å². The van der Waals surface area contributed by atoms with Crippen LogP contribution in [0.15, 0.2) is 71.9 Å². The summed E-state index contributed by atoms with van der Waals surface area (Å²) in [5.74, 6) is 0.355. The van der Waals surface area contributed by atoms with Crippen LogP contribution in [0.1, 0.15) is 5.56 Å². The van der Waals surface area contributed by atoms with Crippen LogP contribution >= 0.6 is 11.6 Å². The molecule has 8 nitrogen and oxygen atoms in total. The van der Waals surface area contributed by atoms with Gasteiger partial charge in [-0.15, -0.1) is 0 Å². The highest BCUT2D eigenvalue weighted by molar-refractivity contribution is 7.92. The highest BCUT2D eigenvalue weighted by Gasteiger charge is 2.15. The van der Waals surface area contributed by atoms with Crippen molar-refractivity contribution in [2.24, 2.45) is 0 Å². The number of urea groups is 1. The normalized spacial score (nSPS) is 10.9. The number of hydrogen-bond acceptors (Lipinski definition) is 5. The summed E-state index contributed by atoms with van der Waals surface area (Å²) in [6.07, 6.45) is 3.31. The van der Waals surface area contributed by atoms with Gasteiger partial charge < -0.3 is 15.4 Å². The highest BCUT2D eigenvalue weighted by atomic mass is 35.5. The second kappa shape index (κ2) is 9.47. The van der Waals surface area contributed by atoms with Gasteiger partial charge in [0.2, 0.25) is 0 Å². The van der Waals surface area contributed by atoms with E-state index in [9.17, 15) is 13.2 Å². The van der Waals surface area contributed by atoms with E-state index >= 15 is 0 Å².